The molecule has 0 saturated carbocycles. The summed E-state index contributed by atoms with van der Waals surface area (Å²) in [4.78, 5) is 7.04. The van der Waals surface area contributed by atoms with Crippen LogP contribution in [0, 0.1) is 0 Å². The van der Waals surface area contributed by atoms with Crippen LogP contribution in [-0.4, -0.2) is 45.8 Å². The van der Waals surface area contributed by atoms with Crippen LogP contribution in [0.2, 0.25) is 0 Å². The predicted molar refractivity (Wildman–Crippen MR) is 115 cm³/mol. The van der Waals surface area contributed by atoms with Crippen molar-refractivity contribution >= 4 is 29.6 Å². The van der Waals surface area contributed by atoms with E-state index in [1.807, 2.05) is 16.5 Å². The van der Waals surface area contributed by atoms with Crippen LogP contribution in [0.3, 0.4) is 0 Å². The number of hydrogen-bond acceptors (Lipinski definition) is 7. The van der Waals surface area contributed by atoms with Crippen LogP contribution in [0.5, 0.6) is 0 Å². The van der Waals surface area contributed by atoms with Crippen LogP contribution < -0.4 is 15.5 Å². The predicted octanol–water partition coefficient (Wildman–Crippen LogP) is 2.83. The minimum absolute atomic E-state index is 0. The molecular weight excluding hydrogens is 390 g/mol. The molecule has 9 heteroatoms. The Bertz CT molecular complexity index is 1060. The van der Waals surface area contributed by atoms with Crippen molar-refractivity contribution in [1.82, 2.24) is 24.9 Å². The molecule has 1 saturated heterocycles. The van der Waals surface area contributed by atoms with Crippen molar-refractivity contribution in [1.29, 1.82) is 0 Å². The highest BCUT2D eigenvalue weighted by Crippen LogP contribution is 2.26. The molecular formula is C20H22ClN7O. The summed E-state index contributed by atoms with van der Waals surface area (Å²) in [5, 5.41) is 15.1. The number of hydrogen-bond donors (Lipinski definition) is 2. The minimum atomic E-state index is 0. The molecule has 4 aromatic rings. The maximum atomic E-state index is 5.37. The molecule has 3 aromatic heterocycles. The van der Waals surface area contributed by atoms with Crippen LogP contribution in [-0.2, 0) is 6.54 Å². The van der Waals surface area contributed by atoms with E-state index in [1.165, 1.54) is 5.69 Å². The molecule has 0 spiro atoms. The molecule has 4 heterocycles. The highest BCUT2D eigenvalue weighted by molar-refractivity contribution is 5.85. The third-order valence-electron chi connectivity index (χ3n) is 4.98. The molecule has 5 rings (SSSR count). The maximum Gasteiger partial charge on any atom is 0.188 e. The Morgan fingerprint density at radius 2 is 1.93 bits per heavy atom. The van der Waals surface area contributed by atoms with Crippen molar-refractivity contribution in [2.75, 3.05) is 36.4 Å². The summed E-state index contributed by atoms with van der Waals surface area (Å²) in [5.41, 5.74) is 3.79. The van der Waals surface area contributed by atoms with Gasteiger partial charge in [0.2, 0.25) is 0 Å². The lowest BCUT2D eigenvalue weighted by Crippen LogP contribution is -2.43. The van der Waals surface area contributed by atoms with E-state index in [1.54, 1.807) is 18.8 Å². The van der Waals surface area contributed by atoms with E-state index < -0.39 is 0 Å². The van der Waals surface area contributed by atoms with Crippen molar-refractivity contribution < 1.29 is 4.42 Å². The zero-order valence-electron chi connectivity index (χ0n) is 15.8. The molecule has 29 heavy (non-hydrogen) atoms. The first-order valence-electron chi connectivity index (χ1n) is 9.39. The smallest absolute Gasteiger partial charge is 0.188 e. The van der Waals surface area contributed by atoms with Crippen LogP contribution >= 0.6 is 12.4 Å². The molecule has 0 bridgehead atoms. The zero-order valence-corrected chi connectivity index (χ0v) is 16.6. The van der Waals surface area contributed by atoms with Crippen LogP contribution in [0.1, 0.15) is 5.76 Å². The molecule has 0 radical (unpaired) electrons. The highest BCUT2D eigenvalue weighted by atomic mass is 35.5. The number of benzene rings is 1. The Morgan fingerprint density at radius 3 is 2.69 bits per heavy atom. The molecule has 8 nitrogen and oxygen atoms in total. The van der Waals surface area contributed by atoms with Gasteiger partial charge in [-0.1, -0.05) is 12.1 Å². The summed E-state index contributed by atoms with van der Waals surface area (Å²) in [6.07, 6.45) is 5.16. The van der Waals surface area contributed by atoms with E-state index in [-0.39, 0.29) is 12.4 Å². The largest absolute Gasteiger partial charge is 0.467 e. The third kappa shape index (κ3) is 3.90. The summed E-state index contributed by atoms with van der Waals surface area (Å²) in [6.45, 7) is 4.68. The molecule has 1 fully saturated rings. The first-order valence-corrected chi connectivity index (χ1v) is 9.39. The fourth-order valence-electron chi connectivity index (χ4n) is 3.50. The van der Waals surface area contributed by atoms with Gasteiger partial charge in [0, 0.05) is 37.4 Å². The lowest BCUT2D eigenvalue weighted by molar-refractivity contribution is 0.517. The second-order valence-electron chi connectivity index (χ2n) is 6.73. The quantitative estimate of drug-likeness (QED) is 0.522. The van der Waals surface area contributed by atoms with Crippen molar-refractivity contribution in [3.8, 4) is 11.3 Å². The Balaban J connectivity index is 0.00000205. The topological polar surface area (TPSA) is 83.5 Å². The SMILES string of the molecule is Cl.c1coc(CNc2cnc(-c3ccc(N4CCNCC4)cc3)c3nncn23)c1. The Hall–Kier alpha value is -3.10. The average Bonchev–Trinajstić information content (AvgIpc) is 3.45. The maximum absolute atomic E-state index is 5.37. The van der Waals surface area contributed by atoms with Gasteiger partial charge in [0.25, 0.3) is 0 Å². The number of aromatic nitrogens is 4. The van der Waals surface area contributed by atoms with Gasteiger partial charge in [-0.05, 0) is 24.3 Å². The summed E-state index contributed by atoms with van der Waals surface area (Å²) < 4.78 is 7.28. The number of furan rings is 1. The van der Waals surface area contributed by atoms with Crippen molar-refractivity contribution in [2.45, 2.75) is 6.54 Å². The lowest BCUT2D eigenvalue weighted by Gasteiger charge is -2.29. The number of rotatable bonds is 5. The molecule has 1 aliphatic heterocycles. The second-order valence-corrected chi connectivity index (χ2v) is 6.73. The first kappa shape index (κ1) is 19.2. The Labute approximate surface area is 174 Å². The fourth-order valence-corrected chi connectivity index (χ4v) is 3.50. The first-order chi connectivity index (χ1) is 13.9. The number of anilines is 2. The van der Waals surface area contributed by atoms with Gasteiger partial charge in [0.05, 0.1) is 19.0 Å². The molecule has 1 aliphatic rings. The van der Waals surface area contributed by atoms with Crippen molar-refractivity contribution in [2.24, 2.45) is 0 Å². The molecule has 0 unspecified atom stereocenters. The Kier molecular flexibility index (Phi) is 5.64. The van der Waals surface area contributed by atoms with Gasteiger partial charge in [-0.15, -0.1) is 22.6 Å². The average molecular weight is 412 g/mol. The van der Waals surface area contributed by atoms with Gasteiger partial charge in [0.15, 0.2) is 5.65 Å². The molecule has 1 aromatic carbocycles. The lowest BCUT2D eigenvalue weighted by atomic mass is 10.1. The standard InChI is InChI=1S/C20H21N7O.ClH/c1-2-17(28-11-1)12-22-18-13-23-19(20-25-24-14-27(18)20)15-3-5-16(6-4-15)26-9-7-21-8-10-26;/h1-6,11,13-14,21-22H,7-10,12H2;1H. The molecule has 150 valence electrons. The number of halogens is 1. The minimum Gasteiger partial charge on any atom is -0.467 e. The summed E-state index contributed by atoms with van der Waals surface area (Å²) in [6, 6.07) is 12.3. The summed E-state index contributed by atoms with van der Waals surface area (Å²) in [5.74, 6) is 1.67. The van der Waals surface area contributed by atoms with Crippen LogP contribution in [0.15, 0.2) is 59.6 Å². The number of nitrogens with zero attached hydrogens (tertiary/aromatic N) is 5. The normalized spacial score (nSPS) is 14.0. The van der Waals surface area contributed by atoms with Gasteiger partial charge in [0.1, 0.15) is 23.6 Å². The molecule has 0 amide bonds. The van der Waals surface area contributed by atoms with Gasteiger partial charge < -0.3 is 20.0 Å². The summed E-state index contributed by atoms with van der Waals surface area (Å²) in [7, 11) is 0. The number of piperazine rings is 1. The summed E-state index contributed by atoms with van der Waals surface area (Å²) >= 11 is 0. The van der Waals surface area contributed by atoms with Crippen molar-refractivity contribution in [3.05, 3.63) is 60.9 Å². The van der Waals surface area contributed by atoms with E-state index in [9.17, 15) is 0 Å². The molecule has 0 atom stereocenters. The van der Waals surface area contributed by atoms with E-state index in [4.69, 9.17) is 4.42 Å². The van der Waals surface area contributed by atoms with Crippen LogP contribution in [0.25, 0.3) is 16.9 Å². The monoisotopic (exact) mass is 411 g/mol. The number of fused-ring (bicyclic) bond motifs is 1. The molecule has 0 aliphatic carbocycles. The highest BCUT2D eigenvalue weighted by Gasteiger charge is 2.14. The zero-order chi connectivity index (χ0) is 18.8. The Morgan fingerprint density at radius 1 is 1.10 bits per heavy atom. The second kappa shape index (κ2) is 8.50. The fraction of sp³-hybridized carbons (Fsp3) is 0.250. The van der Waals surface area contributed by atoms with Gasteiger partial charge in [-0.2, -0.15) is 0 Å². The van der Waals surface area contributed by atoms with E-state index in [0.29, 0.717) is 6.54 Å². The number of nitrogens with one attached hydrogen (secondary N) is 2. The van der Waals surface area contributed by atoms with Gasteiger partial charge >= 0.3 is 0 Å². The third-order valence-corrected chi connectivity index (χ3v) is 4.98. The van der Waals surface area contributed by atoms with E-state index in [0.717, 1.165) is 54.7 Å². The van der Waals surface area contributed by atoms with E-state index in [2.05, 4.69) is 55.0 Å². The van der Waals surface area contributed by atoms with Crippen LogP contribution in [0.4, 0.5) is 11.5 Å². The van der Waals surface area contributed by atoms with Gasteiger partial charge in [-0.3, -0.25) is 4.40 Å². The molecule has 2 N–H and O–H groups in total. The van der Waals surface area contributed by atoms with E-state index >= 15 is 0 Å². The van der Waals surface area contributed by atoms with Gasteiger partial charge in [-0.25, -0.2) is 4.98 Å². The van der Waals surface area contributed by atoms with Crippen molar-refractivity contribution in [3.63, 3.8) is 0 Å².